The van der Waals surface area contributed by atoms with E-state index in [4.69, 9.17) is 4.74 Å². The lowest BCUT2D eigenvalue weighted by Crippen LogP contribution is -2.26. The third kappa shape index (κ3) is 3.06. The molecule has 1 aliphatic rings. The third-order valence-corrected chi connectivity index (χ3v) is 4.41. The van der Waals surface area contributed by atoms with E-state index in [1.165, 1.54) is 24.1 Å². The van der Waals surface area contributed by atoms with Gasteiger partial charge >= 0.3 is 0 Å². The summed E-state index contributed by atoms with van der Waals surface area (Å²) in [5.41, 5.74) is 1.60. The van der Waals surface area contributed by atoms with Gasteiger partial charge in [0.1, 0.15) is 0 Å². The summed E-state index contributed by atoms with van der Waals surface area (Å²) in [6.07, 6.45) is 5.05. The van der Waals surface area contributed by atoms with Crippen LogP contribution >= 0.6 is 11.3 Å². The molecule has 1 aromatic heterocycles. The van der Waals surface area contributed by atoms with Crippen molar-refractivity contribution in [2.24, 2.45) is 0 Å². The molecule has 1 aromatic rings. The van der Waals surface area contributed by atoms with Crippen LogP contribution in [0.15, 0.2) is 6.07 Å². The number of thiophene rings is 1. The van der Waals surface area contributed by atoms with Crippen LogP contribution < -0.4 is 5.32 Å². The molecule has 16 heavy (non-hydrogen) atoms. The fourth-order valence-electron chi connectivity index (χ4n) is 2.15. The third-order valence-electron chi connectivity index (χ3n) is 3.18. The van der Waals surface area contributed by atoms with Crippen molar-refractivity contribution in [1.82, 2.24) is 5.32 Å². The van der Waals surface area contributed by atoms with E-state index in [0.29, 0.717) is 6.04 Å². The summed E-state index contributed by atoms with van der Waals surface area (Å²) < 4.78 is 5.08. The summed E-state index contributed by atoms with van der Waals surface area (Å²) in [5, 5.41) is 3.55. The maximum absolute atomic E-state index is 5.08. The normalized spacial score (nSPS) is 16.4. The number of hydrogen-bond donors (Lipinski definition) is 1. The van der Waals surface area contributed by atoms with E-state index in [9.17, 15) is 0 Å². The van der Waals surface area contributed by atoms with Gasteiger partial charge in [0.15, 0.2) is 0 Å². The highest BCUT2D eigenvalue weighted by Crippen LogP contribution is 2.30. The highest BCUT2D eigenvalue weighted by atomic mass is 32.1. The molecule has 1 aliphatic carbocycles. The Balaban J connectivity index is 1.76. The first kappa shape index (κ1) is 12.1. The Hall–Kier alpha value is -0.380. The topological polar surface area (TPSA) is 21.3 Å². The first-order valence-corrected chi connectivity index (χ1v) is 6.94. The zero-order chi connectivity index (χ0) is 11.4. The van der Waals surface area contributed by atoms with Gasteiger partial charge in [-0.25, -0.2) is 0 Å². The van der Waals surface area contributed by atoms with Gasteiger partial charge in [-0.1, -0.05) is 0 Å². The predicted octanol–water partition coefficient (Wildman–Crippen LogP) is 2.75. The number of fused-ring (bicyclic) bond motifs is 1. The molecular formula is C13H21NOS. The van der Waals surface area contributed by atoms with Crippen LogP contribution in [0.3, 0.4) is 0 Å². The Kier molecular flexibility index (Phi) is 4.38. The number of nitrogens with one attached hydrogen (secondary N) is 1. The van der Waals surface area contributed by atoms with Crippen molar-refractivity contribution in [2.75, 3.05) is 13.7 Å². The predicted molar refractivity (Wildman–Crippen MR) is 69.1 cm³/mol. The van der Waals surface area contributed by atoms with E-state index in [0.717, 1.165) is 19.6 Å². The van der Waals surface area contributed by atoms with Gasteiger partial charge in [0, 0.05) is 36.1 Å². The van der Waals surface area contributed by atoms with Gasteiger partial charge in [-0.2, -0.15) is 0 Å². The van der Waals surface area contributed by atoms with Crippen molar-refractivity contribution in [1.29, 1.82) is 0 Å². The molecule has 1 unspecified atom stereocenters. The molecule has 0 bridgehead atoms. The molecule has 0 saturated carbocycles. The number of ether oxygens (including phenoxy) is 1. The van der Waals surface area contributed by atoms with Crippen LogP contribution in [0.4, 0.5) is 0 Å². The molecule has 1 N–H and O–H groups in total. The van der Waals surface area contributed by atoms with E-state index < -0.39 is 0 Å². The fourth-order valence-corrected chi connectivity index (χ4v) is 3.36. The Morgan fingerprint density at radius 1 is 1.50 bits per heavy atom. The maximum Gasteiger partial charge on any atom is 0.0476 e. The monoisotopic (exact) mass is 239 g/mol. The minimum Gasteiger partial charge on any atom is -0.385 e. The smallest absolute Gasteiger partial charge is 0.0476 e. The first-order chi connectivity index (χ1) is 7.79. The second-order valence-electron chi connectivity index (χ2n) is 4.58. The second kappa shape index (κ2) is 5.80. The van der Waals surface area contributed by atoms with Crippen molar-refractivity contribution in [2.45, 2.75) is 45.2 Å². The molecule has 0 radical (unpaired) electrons. The quantitative estimate of drug-likeness (QED) is 0.824. The van der Waals surface area contributed by atoms with Crippen LogP contribution in [-0.4, -0.2) is 19.8 Å². The van der Waals surface area contributed by atoms with E-state index in [2.05, 4.69) is 18.3 Å². The van der Waals surface area contributed by atoms with Gasteiger partial charge in [0.2, 0.25) is 0 Å². The summed E-state index contributed by atoms with van der Waals surface area (Å²) >= 11 is 1.99. The van der Waals surface area contributed by atoms with Crippen LogP contribution in [0.5, 0.6) is 0 Å². The van der Waals surface area contributed by atoms with Crippen molar-refractivity contribution in [3.63, 3.8) is 0 Å². The average molecular weight is 239 g/mol. The minimum absolute atomic E-state index is 0.539. The molecule has 1 atom stereocenters. The van der Waals surface area contributed by atoms with Gasteiger partial charge in [-0.3, -0.25) is 0 Å². The van der Waals surface area contributed by atoms with Crippen LogP contribution in [0.25, 0.3) is 0 Å². The van der Waals surface area contributed by atoms with Gasteiger partial charge in [-0.05, 0) is 44.2 Å². The first-order valence-electron chi connectivity index (χ1n) is 6.12. The molecule has 0 amide bonds. The van der Waals surface area contributed by atoms with Crippen molar-refractivity contribution in [3.8, 4) is 0 Å². The minimum atomic E-state index is 0.539. The number of aryl methyl sites for hydroxylation is 2. The van der Waals surface area contributed by atoms with Crippen LogP contribution in [0.2, 0.25) is 0 Å². The molecule has 0 saturated heterocycles. The van der Waals surface area contributed by atoms with Gasteiger partial charge in [0.05, 0.1) is 0 Å². The summed E-state index contributed by atoms with van der Waals surface area (Å²) in [6.45, 7) is 4.08. The molecule has 1 heterocycles. The Labute approximate surface area is 102 Å². The Bertz CT molecular complexity index is 313. The zero-order valence-corrected chi connectivity index (χ0v) is 11.0. The molecule has 0 spiro atoms. The fraction of sp³-hybridized carbons (Fsp3) is 0.692. The van der Waals surface area contributed by atoms with E-state index >= 15 is 0 Å². The molecule has 2 nitrogen and oxygen atoms in total. The lowest BCUT2D eigenvalue weighted by atomic mass is 10.2. The lowest BCUT2D eigenvalue weighted by molar-refractivity contribution is 0.185. The van der Waals surface area contributed by atoms with Crippen molar-refractivity contribution < 1.29 is 4.74 Å². The van der Waals surface area contributed by atoms with Crippen LogP contribution in [0.1, 0.15) is 35.1 Å². The summed E-state index contributed by atoms with van der Waals surface area (Å²) in [5.74, 6) is 0. The lowest BCUT2D eigenvalue weighted by Gasteiger charge is -2.12. The number of hydrogen-bond acceptors (Lipinski definition) is 3. The summed E-state index contributed by atoms with van der Waals surface area (Å²) in [6, 6.07) is 2.93. The highest BCUT2D eigenvalue weighted by Gasteiger charge is 2.14. The molecule has 3 heteroatoms. The van der Waals surface area contributed by atoms with Crippen LogP contribution in [0, 0.1) is 0 Å². The van der Waals surface area contributed by atoms with Crippen molar-refractivity contribution >= 4 is 11.3 Å². The highest BCUT2D eigenvalue weighted by molar-refractivity contribution is 7.12. The largest absolute Gasteiger partial charge is 0.385 e. The molecule has 0 aliphatic heterocycles. The van der Waals surface area contributed by atoms with E-state index in [1.807, 2.05) is 11.3 Å². The maximum atomic E-state index is 5.08. The summed E-state index contributed by atoms with van der Waals surface area (Å²) in [7, 11) is 1.76. The average Bonchev–Trinajstić information content (AvgIpc) is 2.83. The number of rotatable bonds is 6. The van der Waals surface area contributed by atoms with E-state index in [-0.39, 0.29) is 0 Å². The second-order valence-corrected chi connectivity index (χ2v) is 5.80. The van der Waals surface area contributed by atoms with Gasteiger partial charge < -0.3 is 10.1 Å². The van der Waals surface area contributed by atoms with Crippen molar-refractivity contribution in [3.05, 3.63) is 21.4 Å². The SMILES string of the molecule is COCCC(C)NCc1cc2c(s1)CCC2. The molecular weight excluding hydrogens is 218 g/mol. The Morgan fingerprint density at radius 2 is 2.38 bits per heavy atom. The van der Waals surface area contributed by atoms with Gasteiger partial charge in [-0.15, -0.1) is 11.3 Å². The zero-order valence-electron chi connectivity index (χ0n) is 10.2. The van der Waals surface area contributed by atoms with E-state index in [1.54, 1.807) is 17.6 Å². The molecule has 0 aromatic carbocycles. The molecule has 0 fully saturated rings. The molecule has 2 rings (SSSR count). The van der Waals surface area contributed by atoms with Gasteiger partial charge in [0.25, 0.3) is 0 Å². The molecule has 90 valence electrons. The number of methoxy groups -OCH3 is 1. The summed E-state index contributed by atoms with van der Waals surface area (Å²) in [4.78, 5) is 3.12. The standard InChI is InChI=1S/C13H21NOS/c1-10(6-7-15-2)14-9-12-8-11-4-3-5-13(11)16-12/h8,10,14H,3-7,9H2,1-2H3. The Morgan fingerprint density at radius 3 is 3.12 bits per heavy atom. The van der Waals surface area contributed by atoms with Crippen LogP contribution in [-0.2, 0) is 24.1 Å².